The van der Waals surface area contributed by atoms with Gasteiger partial charge in [0.15, 0.2) is 5.13 Å². The molecule has 0 bridgehead atoms. The summed E-state index contributed by atoms with van der Waals surface area (Å²) in [5.41, 5.74) is 3.39. The maximum absolute atomic E-state index is 12.9. The zero-order chi connectivity index (χ0) is 18.0. The second kappa shape index (κ2) is 7.64. The predicted molar refractivity (Wildman–Crippen MR) is 108 cm³/mol. The van der Waals surface area contributed by atoms with Gasteiger partial charge in [-0.05, 0) is 56.6 Å². The number of fused-ring (bicyclic) bond motifs is 1. The average Bonchev–Trinajstić information content (AvgIpc) is 3.16. The van der Waals surface area contributed by atoms with Crippen molar-refractivity contribution >= 4 is 43.9 Å². The first-order valence-electron chi connectivity index (χ1n) is 8.29. The molecule has 0 fully saturated rings. The van der Waals surface area contributed by atoms with Crippen LogP contribution in [-0.4, -0.2) is 43.0 Å². The number of carbonyl (C=O) groups is 1. The highest BCUT2D eigenvalue weighted by molar-refractivity contribution is 7.22. The molecule has 0 N–H and O–H groups in total. The number of anilines is 1. The normalized spacial score (nSPS) is 11.4. The summed E-state index contributed by atoms with van der Waals surface area (Å²) in [6.07, 6.45) is 0.430. The van der Waals surface area contributed by atoms with E-state index in [4.69, 9.17) is 4.98 Å². The first kappa shape index (κ1) is 18.0. The third kappa shape index (κ3) is 4.26. The molecule has 132 valence electrons. The summed E-state index contributed by atoms with van der Waals surface area (Å²) in [6, 6.07) is 8.29. The molecule has 0 aliphatic carbocycles. The van der Waals surface area contributed by atoms with Crippen molar-refractivity contribution in [3.05, 3.63) is 45.6 Å². The van der Waals surface area contributed by atoms with Crippen LogP contribution in [-0.2, 0) is 11.2 Å². The van der Waals surface area contributed by atoms with Crippen molar-refractivity contribution in [3.8, 4) is 0 Å². The monoisotopic (exact) mass is 373 g/mol. The number of aryl methyl sites for hydroxylation is 2. The number of likely N-dealkylation sites (N-methyl/N-ethyl adjacent to an activating group) is 1. The second-order valence-electron chi connectivity index (χ2n) is 6.53. The highest BCUT2D eigenvalue weighted by Gasteiger charge is 2.21. The number of carbonyl (C=O) groups excluding carboxylic acids is 1. The third-order valence-electron chi connectivity index (χ3n) is 4.03. The van der Waals surface area contributed by atoms with Gasteiger partial charge in [-0.15, -0.1) is 11.3 Å². The van der Waals surface area contributed by atoms with Crippen LogP contribution in [0.2, 0.25) is 0 Å². The van der Waals surface area contributed by atoms with Crippen molar-refractivity contribution in [1.82, 2.24) is 9.88 Å². The van der Waals surface area contributed by atoms with E-state index in [2.05, 4.69) is 30.9 Å². The lowest BCUT2D eigenvalue weighted by Crippen LogP contribution is -2.37. The van der Waals surface area contributed by atoms with Crippen LogP contribution in [0, 0.1) is 13.8 Å². The Kier molecular flexibility index (Phi) is 5.51. The van der Waals surface area contributed by atoms with E-state index in [1.165, 1.54) is 5.56 Å². The Labute approximate surface area is 156 Å². The van der Waals surface area contributed by atoms with Crippen molar-refractivity contribution in [2.24, 2.45) is 0 Å². The molecule has 0 saturated heterocycles. The summed E-state index contributed by atoms with van der Waals surface area (Å²) in [4.78, 5) is 22.8. The Bertz CT molecular complexity index is 868. The number of hydrogen-bond donors (Lipinski definition) is 0. The molecule has 0 unspecified atom stereocenters. The average molecular weight is 374 g/mol. The molecule has 0 aliphatic heterocycles. The molecule has 25 heavy (non-hydrogen) atoms. The lowest BCUT2D eigenvalue weighted by atomic mass is 10.1. The number of amides is 1. The van der Waals surface area contributed by atoms with Gasteiger partial charge in [0.1, 0.15) is 0 Å². The quantitative estimate of drug-likeness (QED) is 0.652. The highest BCUT2D eigenvalue weighted by Crippen LogP contribution is 2.32. The standard InChI is InChI=1S/C19H23N3OS2/c1-13-10-14(2)18-16(11-13)25-19(20-18)22(8-7-21(3)4)17(23)12-15-6-5-9-24-15/h5-6,9-11H,7-8,12H2,1-4H3. The SMILES string of the molecule is Cc1cc(C)c2nc(N(CCN(C)C)C(=O)Cc3cccs3)sc2c1. The maximum Gasteiger partial charge on any atom is 0.234 e. The van der Waals surface area contributed by atoms with Gasteiger partial charge >= 0.3 is 0 Å². The van der Waals surface area contributed by atoms with Gasteiger partial charge in [-0.3, -0.25) is 9.69 Å². The van der Waals surface area contributed by atoms with E-state index < -0.39 is 0 Å². The number of nitrogens with zero attached hydrogens (tertiary/aromatic N) is 3. The van der Waals surface area contributed by atoms with Crippen LogP contribution in [0.15, 0.2) is 29.6 Å². The van der Waals surface area contributed by atoms with Gasteiger partial charge in [0, 0.05) is 18.0 Å². The first-order valence-corrected chi connectivity index (χ1v) is 9.99. The van der Waals surface area contributed by atoms with Crippen molar-refractivity contribution in [2.75, 3.05) is 32.1 Å². The summed E-state index contributed by atoms with van der Waals surface area (Å²) in [7, 11) is 4.04. The molecule has 1 aromatic carbocycles. The summed E-state index contributed by atoms with van der Waals surface area (Å²) >= 11 is 3.23. The van der Waals surface area contributed by atoms with Crippen LogP contribution < -0.4 is 4.90 Å². The minimum atomic E-state index is 0.109. The topological polar surface area (TPSA) is 36.4 Å². The smallest absolute Gasteiger partial charge is 0.234 e. The molecule has 6 heteroatoms. The fourth-order valence-corrected chi connectivity index (χ4v) is 4.64. The molecule has 3 rings (SSSR count). The lowest BCUT2D eigenvalue weighted by molar-refractivity contribution is -0.118. The van der Waals surface area contributed by atoms with Crippen molar-refractivity contribution in [2.45, 2.75) is 20.3 Å². The Morgan fingerprint density at radius 3 is 2.68 bits per heavy atom. The van der Waals surface area contributed by atoms with Gasteiger partial charge < -0.3 is 4.90 Å². The number of aromatic nitrogens is 1. The molecule has 0 atom stereocenters. The van der Waals surface area contributed by atoms with Crippen LogP contribution in [0.25, 0.3) is 10.2 Å². The molecule has 2 aromatic heterocycles. The molecule has 4 nitrogen and oxygen atoms in total. The number of hydrogen-bond acceptors (Lipinski definition) is 5. The molecular formula is C19H23N3OS2. The third-order valence-corrected chi connectivity index (χ3v) is 5.93. The Morgan fingerprint density at radius 2 is 2.00 bits per heavy atom. The lowest BCUT2D eigenvalue weighted by Gasteiger charge is -2.21. The van der Waals surface area contributed by atoms with Gasteiger partial charge in [-0.1, -0.05) is 23.5 Å². The molecule has 0 aliphatic rings. The number of rotatable bonds is 6. The summed E-state index contributed by atoms with van der Waals surface area (Å²) in [5.74, 6) is 0.109. The summed E-state index contributed by atoms with van der Waals surface area (Å²) in [6.45, 7) is 5.63. The van der Waals surface area contributed by atoms with E-state index in [1.807, 2.05) is 36.5 Å². The van der Waals surface area contributed by atoms with E-state index >= 15 is 0 Å². The molecule has 0 radical (unpaired) electrons. The van der Waals surface area contributed by atoms with Crippen molar-refractivity contribution in [3.63, 3.8) is 0 Å². The molecule has 1 amide bonds. The van der Waals surface area contributed by atoms with E-state index in [0.717, 1.165) is 32.3 Å². The molecule has 0 saturated carbocycles. The second-order valence-corrected chi connectivity index (χ2v) is 8.57. The zero-order valence-corrected chi connectivity index (χ0v) is 16.7. The first-order chi connectivity index (χ1) is 11.9. The predicted octanol–water partition coefficient (Wildman–Crippen LogP) is 4.11. The summed E-state index contributed by atoms with van der Waals surface area (Å²) in [5, 5.41) is 2.81. The van der Waals surface area contributed by atoms with Crippen LogP contribution in [0.4, 0.5) is 5.13 Å². The number of benzene rings is 1. The van der Waals surface area contributed by atoms with Gasteiger partial charge in [0.25, 0.3) is 0 Å². The van der Waals surface area contributed by atoms with Crippen LogP contribution >= 0.6 is 22.7 Å². The van der Waals surface area contributed by atoms with Crippen molar-refractivity contribution in [1.29, 1.82) is 0 Å². The van der Waals surface area contributed by atoms with Gasteiger partial charge in [-0.25, -0.2) is 4.98 Å². The molecule has 3 aromatic rings. The number of thiazole rings is 1. The minimum absolute atomic E-state index is 0.109. The van der Waals surface area contributed by atoms with E-state index in [9.17, 15) is 4.79 Å². The zero-order valence-electron chi connectivity index (χ0n) is 15.1. The largest absolute Gasteiger partial charge is 0.308 e. The van der Waals surface area contributed by atoms with Gasteiger partial charge in [-0.2, -0.15) is 0 Å². The maximum atomic E-state index is 12.9. The van der Waals surface area contributed by atoms with E-state index in [0.29, 0.717) is 13.0 Å². The summed E-state index contributed by atoms with van der Waals surface area (Å²) < 4.78 is 1.14. The molecule has 2 heterocycles. The molecular weight excluding hydrogens is 350 g/mol. The minimum Gasteiger partial charge on any atom is -0.308 e. The highest BCUT2D eigenvalue weighted by atomic mass is 32.1. The van der Waals surface area contributed by atoms with Crippen LogP contribution in [0.3, 0.4) is 0 Å². The molecule has 0 spiro atoms. The fourth-order valence-electron chi connectivity index (χ4n) is 2.76. The van der Waals surface area contributed by atoms with E-state index in [1.54, 1.807) is 22.7 Å². The Hall–Kier alpha value is -1.76. The van der Waals surface area contributed by atoms with Crippen molar-refractivity contribution < 1.29 is 4.79 Å². The Balaban J connectivity index is 1.93. The van der Waals surface area contributed by atoms with Crippen LogP contribution in [0.1, 0.15) is 16.0 Å². The van der Waals surface area contributed by atoms with Crippen LogP contribution in [0.5, 0.6) is 0 Å². The van der Waals surface area contributed by atoms with Gasteiger partial charge in [0.2, 0.25) is 5.91 Å². The van der Waals surface area contributed by atoms with E-state index in [-0.39, 0.29) is 5.91 Å². The van der Waals surface area contributed by atoms with Gasteiger partial charge in [0.05, 0.1) is 16.6 Å². The Morgan fingerprint density at radius 1 is 1.20 bits per heavy atom. The number of thiophene rings is 1. The fraction of sp³-hybridized carbons (Fsp3) is 0.368.